The zero-order valence-corrected chi connectivity index (χ0v) is 22.2. The average molecular weight is 519 g/mol. The van der Waals surface area contributed by atoms with Gasteiger partial charge in [0.15, 0.2) is 9.84 Å². The molecular weight excluding hydrogens is 488 g/mol. The fraction of sp³-hybridized carbons (Fsp3) is 0.321. The van der Waals surface area contributed by atoms with Crippen molar-refractivity contribution >= 4 is 27.3 Å². The number of allylic oxidation sites excluding steroid dienone is 2. The molecule has 0 spiro atoms. The maximum absolute atomic E-state index is 13.7. The summed E-state index contributed by atoms with van der Waals surface area (Å²) in [7, 11) is -3.36. The van der Waals surface area contributed by atoms with Crippen LogP contribution in [0, 0.1) is 0 Å². The molecule has 2 aliphatic rings. The Labute approximate surface area is 216 Å². The Kier molecular flexibility index (Phi) is 6.27. The molecule has 0 unspecified atom stereocenters. The average Bonchev–Trinajstić information content (AvgIpc) is 3.22. The predicted molar refractivity (Wildman–Crippen MR) is 144 cm³/mol. The summed E-state index contributed by atoms with van der Waals surface area (Å²) in [5.41, 5.74) is 5.62. The van der Waals surface area contributed by atoms with Gasteiger partial charge >= 0.3 is 0 Å². The lowest BCUT2D eigenvalue weighted by Crippen LogP contribution is -2.41. The molecule has 1 N–H and O–H groups in total. The Morgan fingerprint density at radius 1 is 1.11 bits per heavy atom. The lowest BCUT2D eigenvalue weighted by atomic mass is 10.0. The number of hydrogen-bond donors (Lipinski definition) is 1. The number of hydrogen-bond acceptors (Lipinski definition) is 6. The van der Waals surface area contributed by atoms with Gasteiger partial charge in [-0.15, -0.1) is 0 Å². The van der Waals surface area contributed by atoms with E-state index in [-0.39, 0.29) is 28.9 Å². The number of nitrogens with one attached hydrogen (secondary N) is 1. The Balaban J connectivity index is 1.50. The number of anilines is 1. The minimum atomic E-state index is -3.36. The van der Waals surface area contributed by atoms with Crippen LogP contribution in [-0.2, 0) is 29.2 Å². The van der Waals surface area contributed by atoms with Crippen LogP contribution >= 0.6 is 0 Å². The SMILES string of the molecule is CC1=CCc2ccc(C(=O)N3CCc4c(nc(NC(C)C)n(-c5ccc(S(C)(=O)=O)cc5)c4=O)C3)cc21. The molecule has 8 nitrogen and oxygen atoms in total. The van der Waals surface area contributed by atoms with Gasteiger partial charge in [0, 0.05) is 30.0 Å². The Bertz CT molecular complexity index is 1600. The van der Waals surface area contributed by atoms with Gasteiger partial charge in [0.05, 0.1) is 22.8 Å². The van der Waals surface area contributed by atoms with Crippen LogP contribution in [0.1, 0.15) is 53.5 Å². The van der Waals surface area contributed by atoms with Crippen molar-refractivity contribution in [1.29, 1.82) is 0 Å². The zero-order valence-electron chi connectivity index (χ0n) is 21.4. The highest BCUT2D eigenvalue weighted by molar-refractivity contribution is 7.90. The Hall–Kier alpha value is -3.72. The Morgan fingerprint density at radius 2 is 1.84 bits per heavy atom. The van der Waals surface area contributed by atoms with Gasteiger partial charge in [-0.25, -0.2) is 18.0 Å². The van der Waals surface area contributed by atoms with Crippen LogP contribution in [0.2, 0.25) is 0 Å². The van der Waals surface area contributed by atoms with Crippen molar-refractivity contribution in [3.05, 3.63) is 86.8 Å². The summed E-state index contributed by atoms with van der Waals surface area (Å²) in [4.78, 5) is 33.8. The molecule has 0 bridgehead atoms. The molecule has 1 aromatic heterocycles. The lowest BCUT2D eigenvalue weighted by molar-refractivity contribution is 0.0731. The van der Waals surface area contributed by atoms with Crippen molar-refractivity contribution in [2.75, 3.05) is 18.1 Å². The van der Waals surface area contributed by atoms with Crippen molar-refractivity contribution in [2.24, 2.45) is 0 Å². The number of carbonyl (C=O) groups excluding carboxylic acids is 1. The van der Waals surface area contributed by atoms with Gasteiger partial charge in [0.2, 0.25) is 5.95 Å². The molecule has 192 valence electrons. The smallest absolute Gasteiger partial charge is 0.263 e. The molecule has 37 heavy (non-hydrogen) atoms. The van der Waals surface area contributed by atoms with E-state index in [9.17, 15) is 18.0 Å². The largest absolute Gasteiger partial charge is 0.353 e. The van der Waals surface area contributed by atoms with Crippen molar-refractivity contribution in [1.82, 2.24) is 14.5 Å². The summed E-state index contributed by atoms with van der Waals surface area (Å²) in [6.07, 6.45) is 4.60. The predicted octanol–water partition coefficient (Wildman–Crippen LogP) is 3.61. The third kappa shape index (κ3) is 4.71. The molecule has 0 saturated heterocycles. The monoisotopic (exact) mass is 518 g/mol. The summed E-state index contributed by atoms with van der Waals surface area (Å²) < 4.78 is 25.3. The third-order valence-corrected chi connectivity index (χ3v) is 8.00. The number of benzene rings is 2. The van der Waals surface area contributed by atoms with Crippen LogP contribution < -0.4 is 10.9 Å². The number of carbonyl (C=O) groups is 1. The molecule has 5 rings (SSSR count). The number of fused-ring (bicyclic) bond motifs is 2. The van der Waals surface area contributed by atoms with Crippen molar-refractivity contribution in [3.8, 4) is 5.69 Å². The van der Waals surface area contributed by atoms with Gasteiger partial charge in [-0.05, 0) is 86.7 Å². The number of aromatic nitrogens is 2. The summed E-state index contributed by atoms with van der Waals surface area (Å²) >= 11 is 0. The van der Waals surface area contributed by atoms with Crippen molar-refractivity contribution in [3.63, 3.8) is 0 Å². The van der Waals surface area contributed by atoms with Gasteiger partial charge in [0.25, 0.3) is 11.5 Å². The molecule has 0 atom stereocenters. The molecule has 1 amide bonds. The number of amides is 1. The maximum atomic E-state index is 13.7. The van der Waals surface area contributed by atoms with E-state index >= 15 is 0 Å². The number of nitrogens with zero attached hydrogens (tertiary/aromatic N) is 3. The summed E-state index contributed by atoms with van der Waals surface area (Å²) in [6, 6.07) is 12.1. The van der Waals surface area contributed by atoms with Crippen molar-refractivity contribution in [2.45, 2.75) is 51.1 Å². The van der Waals surface area contributed by atoms with E-state index in [4.69, 9.17) is 4.98 Å². The first-order valence-corrected chi connectivity index (χ1v) is 14.2. The lowest BCUT2D eigenvalue weighted by Gasteiger charge is -2.29. The Morgan fingerprint density at radius 3 is 2.51 bits per heavy atom. The first-order valence-electron chi connectivity index (χ1n) is 12.3. The van der Waals surface area contributed by atoms with Crippen molar-refractivity contribution < 1.29 is 13.2 Å². The second-order valence-electron chi connectivity index (χ2n) is 10.0. The number of rotatable bonds is 5. The molecule has 1 aliphatic heterocycles. The summed E-state index contributed by atoms with van der Waals surface area (Å²) in [6.45, 7) is 6.62. The molecule has 0 fully saturated rings. The minimum Gasteiger partial charge on any atom is -0.353 e. The molecular formula is C28H30N4O4S. The van der Waals surface area contributed by atoms with E-state index in [0.717, 1.165) is 18.2 Å². The van der Waals surface area contributed by atoms with E-state index in [1.165, 1.54) is 27.8 Å². The standard InChI is InChI=1S/C28H30N4O4S/c1-17(2)29-28-30-25-16-31(26(33)20-8-7-19-6-5-18(3)24(19)15-20)14-13-23(25)27(34)32(28)21-9-11-22(12-10-21)37(4,35)36/h5,7-12,15,17H,6,13-14,16H2,1-4H3,(H,29,30). The molecule has 0 saturated carbocycles. The van der Waals surface area contributed by atoms with Crippen LogP contribution in [0.25, 0.3) is 11.3 Å². The fourth-order valence-electron chi connectivity index (χ4n) is 4.91. The van der Waals surface area contributed by atoms with Gasteiger partial charge in [-0.2, -0.15) is 0 Å². The molecule has 9 heteroatoms. The van der Waals surface area contributed by atoms with Crippen LogP contribution in [0.3, 0.4) is 0 Å². The summed E-state index contributed by atoms with van der Waals surface area (Å²) in [5, 5.41) is 3.24. The normalized spacial score (nSPS) is 14.8. The van der Waals surface area contributed by atoms with Crippen LogP contribution in [0.4, 0.5) is 5.95 Å². The zero-order chi connectivity index (χ0) is 26.5. The quantitative estimate of drug-likeness (QED) is 0.554. The van der Waals surface area contributed by atoms with Crippen LogP contribution in [-0.4, -0.2) is 47.6 Å². The van der Waals surface area contributed by atoms with E-state index in [1.807, 2.05) is 32.0 Å². The molecule has 3 aromatic rings. The topological polar surface area (TPSA) is 101 Å². The van der Waals surface area contributed by atoms with Gasteiger partial charge < -0.3 is 10.2 Å². The van der Waals surface area contributed by atoms with Gasteiger partial charge in [-0.3, -0.25) is 9.59 Å². The molecule has 1 aliphatic carbocycles. The fourth-order valence-corrected chi connectivity index (χ4v) is 5.54. The van der Waals surface area contributed by atoms with E-state index < -0.39 is 9.84 Å². The highest BCUT2D eigenvalue weighted by Gasteiger charge is 2.28. The highest BCUT2D eigenvalue weighted by Crippen LogP contribution is 2.29. The third-order valence-electron chi connectivity index (χ3n) is 6.87. The van der Waals surface area contributed by atoms with E-state index in [0.29, 0.717) is 41.4 Å². The second kappa shape index (κ2) is 9.30. The maximum Gasteiger partial charge on any atom is 0.263 e. The summed E-state index contributed by atoms with van der Waals surface area (Å²) in [5.74, 6) is 0.285. The molecule has 2 aromatic carbocycles. The van der Waals surface area contributed by atoms with Crippen LogP contribution in [0.15, 0.2) is 58.2 Å². The van der Waals surface area contributed by atoms with E-state index in [2.05, 4.69) is 18.3 Å². The highest BCUT2D eigenvalue weighted by atomic mass is 32.2. The van der Waals surface area contributed by atoms with Gasteiger partial charge in [-0.1, -0.05) is 12.1 Å². The molecule has 0 radical (unpaired) electrons. The first kappa shape index (κ1) is 25.0. The second-order valence-corrected chi connectivity index (χ2v) is 12.0. The first-order chi connectivity index (χ1) is 17.5. The minimum absolute atomic E-state index is 0.00414. The van der Waals surface area contributed by atoms with Gasteiger partial charge in [0.1, 0.15) is 0 Å². The van der Waals surface area contributed by atoms with E-state index in [1.54, 1.807) is 17.0 Å². The number of sulfone groups is 1. The van der Waals surface area contributed by atoms with Crippen LogP contribution in [0.5, 0.6) is 0 Å². The molecule has 2 heterocycles.